The summed E-state index contributed by atoms with van der Waals surface area (Å²) in [5.74, 6) is 0.637. The van der Waals surface area contributed by atoms with E-state index < -0.39 is 0 Å². The zero-order chi connectivity index (χ0) is 19.2. The molecule has 3 rings (SSSR count). The fraction of sp³-hybridized carbons (Fsp3) is 0.136. The van der Waals surface area contributed by atoms with Gasteiger partial charge >= 0.3 is 0 Å². The van der Waals surface area contributed by atoms with Crippen LogP contribution in [0.1, 0.15) is 15.9 Å². The second-order valence-corrected chi connectivity index (χ2v) is 6.06. The Labute approximate surface area is 158 Å². The van der Waals surface area contributed by atoms with Gasteiger partial charge in [-0.15, -0.1) is 0 Å². The second kappa shape index (κ2) is 8.27. The first-order valence-electron chi connectivity index (χ1n) is 8.57. The minimum atomic E-state index is -0.288. The Balaban J connectivity index is 1.73. The van der Waals surface area contributed by atoms with Crippen molar-refractivity contribution in [2.75, 3.05) is 24.9 Å². The number of amides is 1. The minimum Gasteiger partial charge on any atom is -0.496 e. The number of benzene rings is 3. The zero-order valence-corrected chi connectivity index (χ0v) is 15.6. The number of hydrogen-bond acceptors (Lipinski definition) is 4. The number of anilines is 3. The van der Waals surface area contributed by atoms with Crippen LogP contribution in [0.3, 0.4) is 0 Å². The van der Waals surface area contributed by atoms with Gasteiger partial charge in [0.2, 0.25) is 0 Å². The lowest BCUT2D eigenvalue weighted by molar-refractivity contribution is 0.102. The van der Waals surface area contributed by atoms with E-state index >= 15 is 0 Å². The minimum absolute atomic E-state index is 0.288. The highest BCUT2D eigenvalue weighted by Crippen LogP contribution is 2.29. The molecule has 2 N–H and O–H groups in total. The van der Waals surface area contributed by atoms with Crippen LogP contribution in [0, 0.1) is 6.92 Å². The van der Waals surface area contributed by atoms with Crippen molar-refractivity contribution in [3.63, 3.8) is 0 Å². The van der Waals surface area contributed by atoms with Gasteiger partial charge in [-0.05, 0) is 55.5 Å². The van der Waals surface area contributed by atoms with Gasteiger partial charge in [0.25, 0.3) is 5.91 Å². The molecule has 0 aromatic heterocycles. The summed E-state index contributed by atoms with van der Waals surface area (Å²) in [5, 5.41) is 6.21. The molecular formula is C22H22N2O3. The Kier molecular flexibility index (Phi) is 5.61. The Bertz CT molecular complexity index is 897. The van der Waals surface area contributed by atoms with Gasteiger partial charge in [0.05, 0.1) is 14.2 Å². The van der Waals surface area contributed by atoms with Gasteiger partial charge in [0.15, 0.2) is 0 Å². The number of carbonyl (C=O) groups excluding carboxylic acids is 1. The Morgan fingerprint density at radius 3 is 1.74 bits per heavy atom. The summed E-state index contributed by atoms with van der Waals surface area (Å²) in [4.78, 5) is 12.7. The number of ether oxygens (including phenoxy) is 2. The third-order valence-electron chi connectivity index (χ3n) is 4.14. The fourth-order valence-electron chi connectivity index (χ4n) is 2.71. The molecule has 0 aliphatic carbocycles. The number of nitrogens with one attached hydrogen (secondary N) is 2. The van der Waals surface area contributed by atoms with E-state index in [0.717, 1.165) is 11.4 Å². The van der Waals surface area contributed by atoms with Crippen molar-refractivity contribution in [2.45, 2.75) is 6.92 Å². The van der Waals surface area contributed by atoms with Crippen molar-refractivity contribution in [1.82, 2.24) is 0 Å². The summed E-state index contributed by atoms with van der Waals surface area (Å²) in [7, 11) is 3.05. The van der Waals surface area contributed by atoms with Gasteiger partial charge in [-0.1, -0.05) is 23.8 Å². The van der Waals surface area contributed by atoms with Crippen molar-refractivity contribution in [3.05, 3.63) is 77.9 Å². The van der Waals surface area contributed by atoms with E-state index in [1.165, 1.54) is 19.8 Å². The summed E-state index contributed by atoms with van der Waals surface area (Å²) >= 11 is 0. The third-order valence-corrected chi connectivity index (χ3v) is 4.14. The molecule has 0 atom stereocenters. The summed E-state index contributed by atoms with van der Waals surface area (Å²) in [6, 6.07) is 20.9. The first kappa shape index (κ1) is 18.3. The van der Waals surface area contributed by atoms with Gasteiger partial charge in [-0.25, -0.2) is 0 Å². The van der Waals surface area contributed by atoms with Gasteiger partial charge in [-0.2, -0.15) is 0 Å². The lowest BCUT2D eigenvalue weighted by Crippen LogP contribution is -2.14. The second-order valence-electron chi connectivity index (χ2n) is 6.06. The maximum Gasteiger partial charge on any atom is 0.263 e. The fourth-order valence-corrected chi connectivity index (χ4v) is 2.71. The molecule has 0 saturated heterocycles. The summed E-state index contributed by atoms with van der Waals surface area (Å²) in [5.41, 5.74) is 4.21. The van der Waals surface area contributed by atoms with Crippen molar-refractivity contribution in [2.24, 2.45) is 0 Å². The van der Waals surface area contributed by atoms with Crippen LogP contribution in [0.2, 0.25) is 0 Å². The van der Waals surface area contributed by atoms with Crippen LogP contribution in [0.15, 0.2) is 66.7 Å². The first-order chi connectivity index (χ1) is 13.1. The molecule has 138 valence electrons. The largest absolute Gasteiger partial charge is 0.496 e. The van der Waals surface area contributed by atoms with Crippen molar-refractivity contribution >= 4 is 23.0 Å². The lowest BCUT2D eigenvalue weighted by atomic mass is 10.1. The van der Waals surface area contributed by atoms with Crippen molar-refractivity contribution in [3.8, 4) is 11.5 Å². The predicted molar refractivity (Wildman–Crippen MR) is 108 cm³/mol. The molecule has 0 aliphatic heterocycles. The Morgan fingerprint density at radius 1 is 0.741 bits per heavy atom. The molecular weight excluding hydrogens is 340 g/mol. The number of methoxy groups -OCH3 is 2. The monoisotopic (exact) mass is 362 g/mol. The Morgan fingerprint density at radius 2 is 1.22 bits per heavy atom. The Hall–Kier alpha value is -3.47. The van der Waals surface area contributed by atoms with Crippen molar-refractivity contribution in [1.29, 1.82) is 0 Å². The normalized spacial score (nSPS) is 10.2. The average Bonchev–Trinajstić information content (AvgIpc) is 2.70. The van der Waals surface area contributed by atoms with E-state index in [1.54, 1.807) is 18.2 Å². The SMILES string of the molecule is COc1cccc(OC)c1C(=O)Nc1ccc(Nc2ccc(C)cc2)cc1. The highest BCUT2D eigenvalue weighted by molar-refractivity contribution is 6.08. The molecule has 1 amide bonds. The van der Waals surface area contributed by atoms with Crippen LogP contribution in [-0.2, 0) is 0 Å². The van der Waals surface area contributed by atoms with Crippen LogP contribution >= 0.6 is 0 Å². The van der Waals surface area contributed by atoms with Gasteiger partial charge in [0, 0.05) is 17.1 Å². The number of hydrogen-bond donors (Lipinski definition) is 2. The van der Waals surface area contributed by atoms with Crippen LogP contribution in [0.4, 0.5) is 17.1 Å². The van der Waals surface area contributed by atoms with Gasteiger partial charge < -0.3 is 20.1 Å². The molecule has 27 heavy (non-hydrogen) atoms. The summed E-state index contributed by atoms with van der Waals surface area (Å²) in [6.45, 7) is 2.05. The topological polar surface area (TPSA) is 59.6 Å². The maximum atomic E-state index is 12.7. The van der Waals surface area contributed by atoms with Gasteiger partial charge in [-0.3, -0.25) is 4.79 Å². The average molecular weight is 362 g/mol. The molecule has 3 aromatic carbocycles. The third kappa shape index (κ3) is 4.39. The first-order valence-corrected chi connectivity index (χ1v) is 8.57. The highest BCUT2D eigenvalue weighted by atomic mass is 16.5. The van der Waals surface area contributed by atoms with Crippen molar-refractivity contribution < 1.29 is 14.3 Å². The van der Waals surface area contributed by atoms with E-state index in [0.29, 0.717) is 22.7 Å². The molecule has 0 unspecified atom stereocenters. The van der Waals surface area contributed by atoms with Gasteiger partial charge in [0.1, 0.15) is 17.1 Å². The molecule has 5 nitrogen and oxygen atoms in total. The summed E-state index contributed by atoms with van der Waals surface area (Å²) in [6.07, 6.45) is 0. The van der Waals surface area contributed by atoms with E-state index in [9.17, 15) is 4.79 Å². The molecule has 5 heteroatoms. The standard InChI is InChI=1S/C22H22N2O3/c1-15-7-9-16(10-8-15)23-17-11-13-18(14-12-17)24-22(25)21-19(26-2)5-4-6-20(21)27-3/h4-14,23H,1-3H3,(H,24,25). The summed E-state index contributed by atoms with van der Waals surface area (Å²) < 4.78 is 10.6. The number of aryl methyl sites for hydroxylation is 1. The molecule has 0 radical (unpaired) electrons. The number of carbonyl (C=O) groups is 1. The van der Waals surface area contributed by atoms with E-state index in [1.807, 2.05) is 36.4 Å². The van der Waals surface area contributed by atoms with E-state index in [-0.39, 0.29) is 5.91 Å². The maximum absolute atomic E-state index is 12.7. The molecule has 0 saturated carbocycles. The number of rotatable bonds is 6. The highest BCUT2D eigenvalue weighted by Gasteiger charge is 2.18. The quantitative estimate of drug-likeness (QED) is 0.647. The zero-order valence-electron chi connectivity index (χ0n) is 15.6. The van der Waals surface area contributed by atoms with E-state index in [4.69, 9.17) is 9.47 Å². The van der Waals surface area contributed by atoms with Crippen LogP contribution in [-0.4, -0.2) is 20.1 Å². The molecule has 0 aliphatic rings. The molecule has 3 aromatic rings. The smallest absolute Gasteiger partial charge is 0.263 e. The molecule has 0 spiro atoms. The van der Waals surface area contributed by atoms with E-state index in [2.05, 4.69) is 29.7 Å². The van der Waals surface area contributed by atoms with Crippen LogP contribution in [0.5, 0.6) is 11.5 Å². The molecule has 0 bridgehead atoms. The van der Waals surface area contributed by atoms with Crippen LogP contribution < -0.4 is 20.1 Å². The molecule has 0 fully saturated rings. The lowest BCUT2D eigenvalue weighted by Gasteiger charge is -2.13. The molecule has 0 heterocycles. The predicted octanol–water partition coefficient (Wildman–Crippen LogP) is 5.01. The van der Waals surface area contributed by atoms with Crippen LogP contribution in [0.25, 0.3) is 0 Å².